The van der Waals surface area contributed by atoms with E-state index in [-0.39, 0.29) is 5.91 Å². The van der Waals surface area contributed by atoms with Crippen LogP contribution in [0.1, 0.15) is 30.7 Å². The number of amides is 1. The van der Waals surface area contributed by atoms with Crippen molar-refractivity contribution in [2.75, 3.05) is 25.0 Å². The lowest BCUT2D eigenvalue weighted by molar-refractivity contribution is -0.117. The maximum absolute atomic E-state index is 11.9. The molecule has 2 rings (SSSR count). The Labute approximate surface area is 120 Å². The van der Waals surface area contributed by atoms with Gasteiger partial charge in [0.15, 0.2) is 0 Å². The van der Waals surface area contributed by atoms with E-state index in [2.05, 4.69) is 15.6 Å². The molecule has 0 aromatic carbocycles. The van der Waals surface area contributed by atoms with Crippen LogP contribution in [0.5, 0.6) is 0 Å². The number of nitrogens with zero attached hydrogens (tertiary/aromatic N) is 1. The number of hydrogen-bond acceptors (Lipinski definition) is 4. The van der Waals surface area contributed by atoms with Crippen LogP contribution in [0.15, 0.2) is 12.1 Å². The summed E-state index contributed by atoms with van der Waals surface area (Å²) in [7, 11) is 0. The smallest absolute Gasteiger partial charge is 0.226 e. The standard InChI is InChI=1S/C15H23N3O2/c1-11-3-4-14(12(2)17-11)18-15(19)7-10-20-13-5-8-16-9-6-13/h3-4,13,16H,5-10H2,1-2H3,(H,18,19). The highest BCUT2D eigenvalue weighted by atomic mass is 16.5. The van der Waals surface area contributed by atoms with E-state index in [1.165, 1.54) is 0 Å². The summed E-state index contributed by atoms with van der Waals surface area (Å²) in [6, 6.07) is 3.79. The number of aryl methyl sites for hydroxylation is 2. The molecule has 1 amide bonds. The van der Waals surface area contributed by atoms with Crippen molar-refractivity contribution in [1.82, 2.24) is 10.3 Å². The van der Waals surface area contributed by atoms with Gasteiger partial charge in [-0.1, -0.05) is 0 Å². The molecule has 0 unspecified atom stereocenters. The number of nitrogens with one attached hydrogen (secondary N) is 2. The predicted octanol–water partition coefficient (Wildman–Crippen LogP) is 1.80. The minimum absolute atomic E-state index is 0.0207. The van der Waals surface area contributed by atoms with Gasteiger partial charge >= 0.3 is 0 Å². The first kappa shape index (κ1) is 14.9. The Bertz CT molecular complexity index is 456. The fourth-order valence-electron chi connectivity index (χ4n) is 2.31. The first-order valence-corrected chi connectivity index (χ1v) is 7.21. The van der Waals surface area contributed by atoms with E-state index in [0.29, 0.717) is 19.1 Å². The first-order valence-electron chi connectivity index (χ1n) is 7.21. The van der Waals surface area contributed by atoms with E-state index in [1.807, 2.05) is 26.0 Å². The highest BCUT2D eigenvalue weighted by molar-refractivity contribution is 5.91. The maximum Gasteiger partial charge on any atom is 0.226 e. The molecule has 2 N–H and O–H groups in total. The van der Waals surface area contributed by atoms with Gasteiger partial charge in [-0.05, 0) is 51.9 Å². The van der Waals surface area contributed by atoms with Gasteiger partial charge in [0.2, 0.25) is 5.91 Å². The van der Waals surface area contributed by atoms with Crippen LogP contribution < -0.4 is 10.6 Å². The molecule has 1 aliphatic heterocycles. The van der Waals surface area contributed by atoms with Crippen molar-refractivity contribution in [3.8, 4) is 0 Å². The maximum atomic E-state index is 11.9. The minimum Gasteiger partial charge on any atom is -0.378 e. The van der Waals surface area contributed by atoms with E-state index in [0.717, 1.165) is 43.0 Å². The van der Waals surface area contributed by atoms with Crippen molar-refractivity contribution < 1.29 is 9.53 Å². The summed E-state index contributed by atoms with van der Waals surface area (Å²) in [4.78, 5) is 16.2. The van der Waals surface area contributed by atoms with Crippen molar-refractivity contribution in [2.24, 2.45) is 0 Å². The average Bonchev–Trinajstić information content (AvgIpc) is 2.43. The number of anilines is 1. The molecule has 20 heavy (non-hydrogen) atoms. The molecule has 0 saturated carbocycles. The Morgan fingerprint density at radius 1 is 1.40 bits per heavy atom. The Morgan fingerprint density at radius 3 is 2.85 bits per heavy atom. The van der Waals surface area contributed by atoms with Crippen LogP contribution in [0.2, 0.25) is 0 Å². The Morgan fingerprint density at radius 2 is 2.15 bits per heavy atom. The summed E-state index contributed by atoms with van der Waals surface area (Å²) in [6.45, 7) is 6.32. The summed E-state index contributed by atoms with van der Waals surface area (Å²) in [5, 5.41) is 6.17. The molecule has 1 fully saturated rings. The van der Waals surface area contributed by atoms with Gasteiger partial charge in [0.25, 0.3) is 0 Å². The topological polar surface area (TPSA) is 63.2 Å². The van der Waals surface area contributed by atoms with Crippen LogP contribution in [0.3, 0.4) is 0 Å². The molecule has 1 aliphatic rings. The molecule has 5 heteroatoms. The summed E-state index contributed by atoms with van der Waals surface area (Å²) < 4.78 is 5.72. The molecule has 0 radical (unpaired) electrons. The van der Waals surface area contributed by atoms with E-state index in [4.69, 9.17) is 4.74 Å². The molecule has 2 heterocycles. The second-order valence-corrected chi connectivity index (χ2v) is 5.20. The van der Waals surface area contributed by atoms with Gasteiger partial charge in [-0.3, -0.25) is 9.78 Å². The minimum atomic E-state index is -0.0207. The SMILES string of the molecule is Cc1ccc(NC(=O)CCOC2CCNCC2)c(C)n1. The lowest BCUT2D eigenvalue weighted by atomic mass is 10.1. The molecular weight excluding hydrogens is 254 g/mol. The number of ether oxygens (including phenoxy) is 1. The van der Waals surface area contributed by atoms with Gasteiger partial charge in [-0.25, -0.2) is 0 Å². The normalized spacial score (nSPS) is 16.1. The lowest BCUT2D eigenvalue weighted by Crippen LogP contribution is -2.33. The zero-order chi connectivity index (χ0) is 14.4. The van der Waals surface area contributed by atoms with Gasteiger partial charge < -0.3 is 15.4 Å². The largest absolute Gasteiger partial charge is 0.378 e. The van der Waals surface area contributed by atoms with Crippen LogP contribution in [0, 0.1) is 13.8 Å². The van der Waals surface area contributed by atoms with Crippen molar-refractivity contribution in [1.29, 1.82) is 0 Å². The van der Waals surface area contributed by atoms with Crippen molar-refractivity contribution in [2.45, 2.75) is 39.2 Å². The fraction of sp³-hybridized carbons (Fsp3) is 0.600. The quantitative estimate of drug-likeness (QED) is 0.861. The lowest BCUT2D eigenvalue weighted by Gasteiger charge is -2.22. The summed E-state index contributed by atoms with van der Waals surface area (Å²) in [5.74, 6) is -0.0207. The average molecular weight is 277 g/mol. The van der Waals surface area contributed by atoms with Gasteiger partial charge in [0, 0.05) is 5.69 Å². The Hall–Kier alpha value is -1.46. The molecule has 1 saturated heterocycles. The molecule has 1 aromatic heterocycles. The van der Waals surface area contributed by atoms with Crippen LogP contribution in [0.4, 0.5) is 5.69 Å². The zero-order valence-corrected chi connectivity index (χ0v) is 12.2. The highest BCUT2D eigenvalue weighted by Crippen LogP contribution is 2.13. The van der Waals surface area contributed by atoms with E-state index >= 15 is 0 Å². The second-order valence-electron chi connectivity index (χ2n) is 5.20. The Kier molecular flexibility index (Phi) is 5.49. The number of hydrogen-bond donors (Lipinski definition) is 2. The van der Waals surface area contributed by atoms with Crippen LogP contribution in [-0.4, -0.2) is 36.7 Å². The number of piperidine rings is 1. The molecule has 0 atom stereocenters. The molecule has 110 valence electrons. The van der Waals surface area contributed by atoms with Crippen LogP contribution in [0.25, 0.3) is 0 Å². The van der Waals surface area contributed by atoms with Crippen molar-refractivity contribution in [3.63, 3.8) is 0 Å². The molecular formula is C15H23N3O2. The molecule has 0 bridgehead atoms. The highest BCUT2D eigenvalue weighted by Gasteiger charge is 2.13. The van der Waals surface area contributed by atoms with E-state index in [1.54, 1.807) is 0 Å². The molecule has 0 aliphatic carbocycles. The van der Waals surface area contributed by atoms with E-state index in [9.17, 15) is 4.79 Å². The molecule has 0 spiro atoms. The number of pyridine rings is 1. The molecule has 1 aromatic rings. The third-order valence-corrected chi connectivity index (χ3v) is 3.47. The summed E-state index contributed by atoms with van der Waals surface area (Å²) in [6.07, 6.45) is 2.74. The number of carbonyl (C=O) groups excluding carboxylic acids is 1. The van der Waals surface area contributed by atoms with Gasteiger partial charge in [-0.15, -0.1) is 0 Å². The monoisotopic (exact) mass is 277 g/mol. The number of carbonyl (C=O) groups is 1. The third kappa shape index (κ3) is 4.58. The third-order valence-electron chi connectivity index (χ3n) is 3.47. The summed E-state index contributed by atoms with van der Waals surface area (Å²) >= 11 is 0. The van der Waals surface area contributed by atoms with Crippen LogP contribution >= 0.6 is 0 Å². The zero-order valence-electron chi connectivity index (χ0n) is 12.2. The number of aromatic nitrogens is 1. The fourth-order valence-corrected chi connectivity index (χ4v) is 2.31. The first-order chi connectivity index (χ1) is 9.65. The van der Waals surface area contributed by atoms with E-state index < -0.39 is 0 Å². The second kappa shape index (κ2) is 7.36. The van der Waals surface area contributed by atoms with Crippen molar-refractivity contribution in [3.05, 3.63) is 23.5 Å². The summed E-state index contributed by atoms with van der Waals surface area (Å²) in [5.41, 5.74) is 2.58. The molecule has 5 nitrogen and oxygen atoms in total. The van der Waals surface area contributed by atoms with Gasteiger partial charge in [0.1, 0.15) is 0 Å². The number of rotatable bonds is 5. The van der Waals surface area contributed by atoms with Crippen LogP contribution in [-0.2, 0) is 9.53 Å². The van der Waals surface area contributed by atoms with Crippen molar-refractivity contribution >= 4 is 11.6 Å². The van der Waals surface area contributed by atoms with Gasteiger partial charge in [-0.2, -0.15) is 0 Å². The van der Waals surface area contributed by atoms with Gasteiger partial charge in [0.05, 0.1) is 30.5 Å². The Balaban J connectivity index is 1.72. The predicted molar refractivity (Wildman–Crippen MR) is 78.8 cm³/mol.